The molecule has 4 nitrogen and oxygen atoms in total. The largest absolute Gasteiger partial charge is 0.494 e. The molecule has 3 N–H and O–H groups in total. The molecule has 0 aliphatic heterocycles. The molecule has 108 valence electrons. The number of aliphatic hydroxyl groups is 1. The number of benzene rings is 1. The van der Waals surface area contributed by atoms with Gasteiger partial charge >= 0.3 is 0 Å². The summed E-state index contributed by atoms with van der Waals surface area (Å²) in [5.41, 5.74) is 3.51. The van der Waals surface area contributed by atoms with Gasteiger partial charge in [0.1, 0.15) is 0 Å². The predicted molar refractivity (Wildman–Crippen MR) is 79.1 cm³/mol. The molecule has 1 aromatic heterocycles. The highest BCUT2D eigenvalue weighted by atomic mass is 16.3. The van der Waals surface area contributed by atoms with Crippen LogP contribution in [0.3, 0.4) is 0 Å². The molecule has 2 aromatic rings. The van der Waals surface area contributed by atoms with Crippen LogP contribution in [0.1, 0.15) is 34.9 Å². The summed E-state index contributed by atoms with van der Waals surface area (Å²) in [5.74, 6) is 0.750. The van der Waals surface area contributed by atoms with E-state index in [-0.39, 0.29) is 30.2 Å². The number of aliphatic hydroxyl groups excluding tert-OH is 1. The molecular weight excluding hydrogens is 266 g/mol. The van der Waals surface area contributed by atoms with Crippen LogP contribution in [0.15, 0.2) is 36.4 Å². The molecule has 0 saturated heterocycles. The van der Waals surface area contributed by atoms with Crippen LogP contribution in [0.5, 0.6) is 11.8 Å². The highest BCUT2D eigenvalue weighted by Gasteiger charge is 2.41. The molecule has 0 radical (unpaired) electrons. The summed E-state index contributed by atoms with van der Waals surface area (Å²) in [5, 5.41) is 30.0. The van der Waals surface area contributed by atoms with Gasteiger partial charge < -0.3 is 15.3 Å². The van der Waals surface area contributed by atoms with Crippen LogP contribution in [0.2, 0.25) is 0 Å². The third-order valence-electron chi connectivity index (χ3n) is 4.62. The molecule has 4 heteroatoms. The highest BCUT2D eigenvalue weighted by molar-refractivity contribution is 5.62. The quantitative estimate of drug-likeness (QED) is 0.758. The van der Waals surface area contributed by atoms with E-state index in [2.05, 4.69) is 12.2 Å². The number of hydrogen-bond donors (Lipinski definition) is 3. The molecule has 0 fully saturated rings. The van der Waals surface area contributed by atoms with Crippen molar-refractivity contribution in [3.8, 4) is 17.4 Å². The van der Waals surface area contributed by atoms with Gasteiger partial charge in [0.2, 0.25) is 11.8 Å². The molecule has 2 atom stereocenters. The van der Waals surface area contributed by atoms with E-state index in [1.54, 1.807) is 0 Å². The van der Waals surface area contributed by atoms with Crippen LogP contribution in [0.4, 0.5) is 0 Å². The van der Waals surface area contributed by atoms with Crippen molar-refractivity contribution >= 4 is 0 Å². The maximum atomic E-state index is 10.5. The van der Waals surface area contributed by atoms with Crippen molar-refractivity contribution in [1.82, 2.24) is 4.57 Å². The van der Waals surface area contributed by atoms with Gasteiger partial charge in [-0.15, -0.1) is 0 Å². The molecule has 1 aromatic carbocycles. The molecule has 2 aliphatic rings. The summed E-state index contributed by atoms with van der Waals surface area (Å²) in [6.45, 7) is 0.114. The Bertz CT molecular complexity index is 692. The van der Waals surface area contributed by atoms with Crippen LogP contribution in [0.25, 0.3) is 5.69 Å². The summed E-state index contributed by atoms with van der Waals surface area (Å²) in [6.07, 6.45) is 5.79. The van der Waals surface area contributed by atoms with E-state index in [9.17, 15) is 10.2 Å². The number of nitrogens with zero attached hydrogens (tertiary/aromatic N) is 1. The average Bonchev–Trinajstić information content (AvgIpc) is 3.15. The molecule has 1 heterocycles. The second-order valence-corrected chi connectivity index (χ2v) is 5.78. The fourth-order valence-electron chi connectivity index (χ4n) is 3.63. The lowest BCUT2D eigenvalue weighted by Gasteiger charge is -2.10. The van der Waals surface area contributed by atoms with Gasteiger partial charge in [0.25, 0.3) is 0 Å². The Morgan fingerprint density at radius 1 is 0.952 bits per heavy atom. The minimum Gasteiger partial charge on any atom is -0.494 e. The normalized spacial score (nSPS) is 22.0. The summed E-state index contributed by atoms with van der Waals surface area (Å²) in [7, 11) is 0. The number of rotatable bonds is 3. The van der Waals surface area contributed by atoms with Crippen molar-refractivity contribution in [2.24, 2.45) is 0 Å². The number of fused-ring (bicyclic) bond motifs is 5. The smallest absolute Gasteiger partial charge is 0.202 e. The fourth-order valence-corrected chi connectivity index (χ4v) is 3.63. The second-order valence-electron chi connectivity index (χ2n) is 5.78. The first-order valence-electron chi connectivity index (χ1n) is 7.25. The van der Waals surface area contributed by atoms with Crippen molar-refractivity contribution in [2.75, 3.05) is 6.61 Å². The second kappa shape index (κ2) is 4.40. The molecule has 0 amide bonds. The van der Waals surface area contributed by atoms with Crippen molar-refractivity contribution in [2.45, 2.75) is 24.7 Å². The van der Waals surface area contributed by atoms with Gasteiger partial charge in [0, 0.05) is 29.6 Å². The Hall–Kier alpha value is -2.20. The van der Waals surface area contributed by atoms with E-state index in [1.165, 1.54) is 4.57 Å². The SMILES string of the molecule is OCCc1ccc(-n2c(O)c3c(c2O)C2C=CC3C2)cc1. The fraction of sp³-hybridized carbons (Fsp3) is 0.294. The minimum absolute atomic E-state index is 0.114. The van der Waals surface area contributed by atoms with Crippen LogP contribution < -0.4 is 0 Å². The molecule has 2 unspecified atom stereocenters. The number of hydrogen-bond acceptors (Lipinski definition) is 3. The number of allylic oxidation sites excluding steroid dienone is 2. The Balaban J connectivity index is 1.80. The maximum Gasteiger partial charge on any atom is 0.202 e. The molecule has 0 spiro atoms. The lowest BCUT2D eigenvalue weighted by molar-refractivity contribution is 0.299. The Morgan fingerprint density at radius 2 is 1.52 bits per heavy atom. The van der Waals surface area contributed by atoms with Gasteiger partial charge in [-0.05, 0) is 30.5 Å². The molecule has 4 rings (SSSR count). The maximum absolute atomic E-state index is 10.5. The number of aromatic hydroxyl groups is 2. The molecular formula is C17H17NO3. The molecule has 21 heavy (non-hydrogen) atoms. The van der Waals surface area contributed by atoms with Crippen molar-refractivity contribution in [3.63, 3.8) is 0 Å². The zero-order valence-electron chi connectivity index (χ0n) is 11.5. The minimum atomic E-state index is 0.114. The van der Waals surface area contributed by atoms with Gasteiger partial charge in [-0.3, -0.25) is 4.57 Å². The Morgan fingerprint density at radius 3 is 2.05 bits per heavy atom. The third kappa shape index (κ3) is 1.66. The standard InChI is InChI=1S/C17H17NO3/c19-8-7-10-1-5-13(6-2-10)18-16(20)14-11-3-4-12(9-11)15(14)17(18)21/h1-6,11-12,19-21H,7-9H2. The summed E-state index contributed by atoms with van der Waals surface area (Å²) < 4.78 is 1.51. The van der Waals surface area contributed by atoms with E-state index >= 15 is 0 Å². The lowest BCUT2D eigenvalue weighted by atomic mass is 10.0. The van der Waals surface area contributed by atoms with E-state index < -0.39 is 0 Å². The van der Waals surface area contributed by atoms with Gasteiger partial charge in [-0.25, -0.2) is 0 Å². The molecule has 0 saturated carbocycles. The Labute approximate surface area is 122 Å². The van der Waals surface area contributed by atoms with Gasteiger partial charge in [0.15, 0.2) is 0 Å². The van der Waals surface area contributed by atoms with Crippen molar-refractivity contribution in [3.05, 3.63) is 53.1 Å². The first kappa shape index (κ1) is 12.5. The zero-order chi connectivity index (χ0) is 14.6. The lowest BCUT2D eigenvalue weighted by Crippen LogP contribution is -1.97. The van der Waals surface area contributed by atoms with E-state index in [4.69, 9.17) is 5.11 Å². The highest BCUT2D eigenvalue weighted by Crippen LogP contribution is 2.57. The molecule has 2 bridgehead atoms. The van der Waals surface area contributed by atoms with Crippen molar-refractivity contribution < 1.29 is 15.3 Å². The summed E-state index contributed by atoms with van der Waals surface area (Å²) in [6, 6.07) is 7.52. The first-order valence-corrected chi connectivity index (χ1v) is 7.25. The van der Waals surface area contributed by atoms with Crippen LogP contribution in [-0.2, 0) is 6.42 Å². The Kier molecular flexibility index (Phi) is 2.62. The van der Waals surface area contributed by atoms with Crippen molar-refractivity contribution in [1.29, 1.82) is 0 Å². The monoisotopic (exact) mass is 283 g/mol. The summed E-state index contributed by atoms with van der Waals surface area (Å²) >= 11 is 0. The predicted octanol–water partition coefficient (Wildman–Crippen LogP) is 2.56. The average molecular weight is 283 g/mol. The first-order chi connectivity index (χ1) is 10.2. The third-order valence-corrected chi connectivity index (χ3v) is 4.62. The van der Waals surface area contributed by atoms with Gasteiger partial charge in [0.05, 0.1) is 5.69 Å². The van der Waals surface area contributed by atoms with Crippen LogP contribution in [0, 0.1) is 0 Å². The van der Waals surface area contributed by atoms with Crippen LogP contribution >= 0.6 is 0 Å². The van der Waals surface area contributed by atoms with Gasteiger partial charge in [-0.1, -0.05) is 24.3 Å². The van der Waals surface area contributed by atoms with Crippen LogP contribution in [-0.4, -0.2) is 26.5 Å². The summed E-state index contributed by atoms with van der Waals surface area (Å²) in [4.78, 5) is 0. The van der Waals surface area contributed by atoms with E-state index in [0.29, 0.717) is 6.42 Å². The molecule has 2 aliphatic carbocycles. The topological polar surface area (TPSA) is 65.6 Å². The number of aromatic nitrogens is 1. The van der Waals surface area contributed by atoms with E-state index in [0.717, 1.165) is 28.8 Å². The van der Waals surface area contributed by atoms with Gasteiger partial charge in [-0.2, -0.15) is 0 Å². The zero-order valence-corrected chi connectivity index (χ0v) is 11.5. The van der Waals surface area contributed by atoms with E-state index in [1.807, 2.05) is 24.3 Å².